The van der Waals surface area contributed by atoms with Crippen LogP contribution >= 0.6 is 11.8 Å². The number of aliphatic hydroxyl groups is 2. The molecule has 0 bridgehead atoms. The lowest BCUT2D eigenvalue weighted by molar-refractivity contribution is -0.256. The molecule has 0 aromatic heterocycles. The van der Waals surface area contributed by atoms with Gasteiger partial charge in [0.15, 0.2) is 11.5 Å². The van der Waals surface area contributed by atoms with E-state index in [0.717, 1.165) is 52.8 Å². The van der Waals surface area contributed by atoms with Crippen LogP contribution in [0.3, 0.4) is 0 Å². The zero-order chi connectivity index (χ0) is 45.2. The van der Waals surface area contributed by atoms with Crippen molar-refractivity contribution in [3.63, 3.8) is 0 Å². The molecule has 4 aliphatic rings. The first kappa shape index (κ1) is 46.1. The van der Waals surface area contributed by atoms with E-state index in [0.29, 0.717) is 47.3 Å². The van der Waals surface area contributed by atoms with Crippen LogP contribution in [0.4, 0.5) is 4.79 Å². The number of unbranched alkanes of at least 4 members (excludes halogenated alkanes) is 2. The Morgan fingerprint density at radius 1 is 0.908 bits per heavy atom. The highest BCUT2D eigenvalue weighted by Crippen LogP contribution is 2.62. The molecular weight excluding hydrogens is 845 g/mol. The molecule has 6 atom stereocenters. The van der Waals surface area contributed by atoms with Gasteiger partial charge in [0.05, 0.1) is 24.8 Å². The van der Waals surface area contributed by atoms with Gasteiger partial charge in [-0.05, 0) is 122 Å². The normalized spacial score (nSPS) is 23.1. The van der Waals surface area contributed by atoms with E-state index < -0.39 is 23.8 Å². The summed E-state index contributed by atoms with van der Waals surface area (Å²) in [4.78, 5) is 23.7. The quantitative estimate of drug-likeness (QED) is 0.0358. The molecule has 0 spiro atoms. The molecule has 13 heteroatoms. The molecule has 1 saturated carbocycles. The van der Waals surface area contributed by atoms with Crippen molar-refractivity contribution in [1.82, 2.24) is 4.90 Å². The van der Waals surface area contributed by atoms with E-state index in [1.807, 2.05) is 91.2 Å². The summed E-state index contributed by atoms with van der Waals surface area (Å²) in [5.74, 6) is 1.12. The van der Waals surface area contributed by atoms with Crippen molar-refractivity contribution in [3.8, 4) is 28.7 Å². The maximum atomic E-state index is 14.6. The van der Waals surface area contributed by atoms with Gasteiger partial charge in [-0.1, -0.05) is 66.5 Å². The largest absolute Gasteiger partial charge is 0.459 e. The van der Waals surface area contributed by atoms with Crippen molar-refractivity contribution in [2.24, 2.45) is 22.9 Å². The third-order valence-electron chi connectivity index (χ3n) is 12.9. The van der Waals surface area contributed by atoms with Crippen LogP contribution in [0, 0.1) is 17.8 Å². The number of thioether (sulfide) groups is 1. The predicted octanol–water partition coefficient (Wildman–Crippen LogP) is 10.4. The van der Waals surface area contributed by atoms with Crippen LogP contribution in [0.15, 0.2) is 125 Å². The van der Waals surface area contributed by atoms with Crippen LogP contribution < -0.4 is 18.9 Å². The molecule has 2 heterocycles. The van der Waals surface area contributed by atoms with E-state index >= 15 is 0 Å². The number of benzene rings is 4. The average molecular weight is 905 g/mol. The maximum absolute atomic E-state index is 14.6. The standard InChI is InChI=1S/C52H60N2O10S/c1-4-27-61-52-48(54(51(57)58-5-2)32-36-17-23-46-47(28-36)60-34-59-46)31-44(53-62-33-35-13-7-6-8-14-35)42-29-37(15-9-11-25-55)41(16-10-12-26-56)49(50(42)52)43-30-39(20-24-45(43)64-52)63-38-18-21-40(65-3)22-19-38/h4,6-8,13-14,17-24,28-30,37,41,48-50,55-56H,1,5,9-12,15-16,25-27,31-34H2,2-3H3. The number of nitrogens with zero attached hydrogens (tertiary/aromatic N) is 2. The van der Waals surface area contributed by atoms with Crippen LogP contribution in [-0.4, -0.2) is 78.2 Å². The van der Waals surface area contributed by atoms with E-state index in [2.05, 4.69) is 18.7 Å². The fourth-order valence-corrected chi connectivity index (χ4v) is 10.4. The number of oxime groups is 1. The van der Waals surface area contributed by atoms with Crippen LogP contribution in [0.5, 0.6) is 28.7 Å². The number of allylic oxidation sites excluding steroid dienone is 1. The minimum Gasteiger partial charge on any atom is -0.459 e. The summed E-state index contributed by atoms with van der Waals surface area (Å²) in [5, 5.41) is 25.0. The van der Waals surface area contributed by atoms with Gasteiger partial charge in [0.1, 0.15) is 29.9 Å². The molecule has 1 fully saturated rings. The van der Waals surface area contributed by atoms with E-state index in [-0.39, 0.29) is 70.5 Å². The van der Waals surface area contributed by atoms with Gasteiger partial charge in [0.2, 0.25) is 12.6 Å². The summed E-state index contributed by atoms with van der Waals surface area (Å²) in [6, 6.07) is 28.8. The number of carbonyl (C=O) groups is 1. The second-order valence-electron chi connectivity index (χ2n) is 16.8. The second-order valence-corrected chi connectivity index (χ2v) is 17.7. The molecule has 65 heavy (non-hydrogen) atoms. The highest BCUT2D eigenvalue weighted by molar-refractivity contribution is 7.98. The smallest absolute Gasteiger partial charge is 0.410 e. The van der Waals surface area contributed by atoms with Gasteiger partial charge in [-0.3, -0.25) is 4.90 Å². The second kappa shape index (κ2) is 21.7. The van der Waals surface area contributed by atoms with Crippen LogP contribution in [-0.2, 0) is 27.5 Å². The van der Waals surface area contributed by atoms with Gasteiger partial charge in [-0.15, -0.1) is 18.3 Å². The van der Waals surface area contributed by atoms with Crippen molar-refractivity contribution in [2.75, 3.05) is 39.5 Å². The lowest BCUT2D eigenvalue weighted by Crippen LogP contribution is -2.70. The number of amides is 1. The third-order valence-corrected chi connectivity index (χ3v) is 13.6. The topological polar surface area (TPSA) is 138 Å². The highest BCUT2D eigenvalue weighted by atomic mass is 32.2. The first-order chi connectivity index (χ1) is 31.9. The zero-order valence-electron chi connectivity index (χ0n) is 37.3. The summed E-state index contributed by atoms with van der Waals surface area (Å²) < 4.78 is 38.4. The lowest BCUT2D eigenvalue weighted by Gasteiger charge is -2.59. The average Bonchev–Trinajstić information content (AvgIpc) is 3.80. The molecule has 2 aliphatic heterocycles. The molecule has 4 aromatic rings. The maximum Gasteiger partial charge on any atom is 0.410 e. The molecular formula is C52H60N2O10S. The fraction of sp³-hybridized carbons (Fsp3) is 0.423. The van der Waals surface area contributed by atoms with Gasteiger partial charge in [-0.25, -0.2) is 4.79 Å². The zero-order valence-corrected chi connectivity index (χ0v) is 38.1. The number of carbonyl (C=O) groups excluding carboxylic acids is 1. The molecule has 344 valence electrons. The molecule has 0 saturated heterocycles. The van der Waals surface area contributed by atoms with E-state index in [9.17, 15) is 15.0 Å². The Bertz CT molecular complexity index is 2300. The number of rotatable bonds is 21. The van der Waals surface area contributed by atoms with Gasteiger partial charge in [0.25, 0.3) is 0 Å². The van der Waals surface area contributed by atoms with Gasteiger partial charge in [0, 0.05) is 42.6 Å². The molecule has 0 radical (unpaired) electrons. The Kier molecular flexibility index (Phi) is 15.4. The monoisotopic (exact) mass is 904 g/mol. The van der Waals surface area contributed by atoms with Crippen molar-refractivity contribution >= 4 is 23.6 Å². The molecule has 6 unspecified atom stereocenters. The van der Waals surface area contributed by atoms with Crippen LogP contribution in [0.2, 0.25) is 0 Å². The van der Waals surface area contributed by atoms with E-state index in [4.69, 9.17) is 38.4 Å². The van der Waals surface area contributed by atoms with Crippen LogP contribution in [0.1, 0.15) is 74.5 Å². The SMILES string of the molecule is C=CCOC12Oc3ccc(Oc4ccc(SC)cc4)cc3C3C(CCCCO)C(CCCCO)C=C(C(=NOCc4ccccc4)CC1N(Cc1ccc4c(c1)OCO4)C(=O)OCC)C32. The summed E-state index contributed by atoms with van der Waals surface area (Å²) in [7, 11) is 0. The number of ether oxygens (including phenoxy) is 6. The van der Waals surface area contributed by atoms with Gasteiger partial charge >= 0.3 is 6.09 Å². The fourth-order valence-electron chi connectivity index (χ4n) is 10.00. The molecule has 2 N–H and O–H groups in total. The third kappa shape index (κ3) is 10.2. The van der Waals surface area contributed by atoms with Gasteiger partial charge < -0.3 is 43.5 Å². The van der Waals surface area contributed by atoms with E-state index in [1.165, 1.54) is 0 Å². The summed E-state index contributed by atoms with van der Waals surface area (Å²) >= 11 is 1.67. The minimum atomic E-state index is -1.47. The molecule has 8 rings (SSSR count). The lowest BCUT2D eigenvalue weighted by atomic mass is 9.55. The Labute approximate surface area is 386 Å². The molecule has 4 aromatic carbocycles. The first-order valence-corrected chi connectivity index (χ1v) is 24.0. The Hall–Kier alpha value is -5.47. The van der Waals surface area contributed by atoms with Gasteiger partial charge in [-0.2, -0.15) is 0 Å². The summed E-state index contributed by atoms with van der Waals surface area (Å²) in [6.07, 6.45) is 10.3. The highest BCUT2D eigenvalue weighted by Gasteiger charge is 2.65. The van der Waals surface area contributed by atoms with Crippen LogP contribution in [0.25, 0.3) is 0 Å². The summed E-state index contributed by atoms with van der Waals surface area (Å²) in [6.45, 7) is 6.82. The van der Waals surface area contributed by atoms with Crippen molar-refractivity contribution < 1.29 is 48.3 Å². The molecule has 1 amide bonds. The van der Waals surface area contributed by atoms with Crippen molar-refractivity contribution in [2.45, 2.75) is 87.7 Å². The first-order valence-electron chi connectivity index (χ1n) is 22.8. The summed E-state index contributed by atoms with van der Waals surface area (Å²) in [5.41, 5.74) is 4.36. The number of hydrogen-bond donors (Lipinski definition) is 2. The molecule has 12 nitrogen and oxygen atoms in total. The van der Waals surface area contributed by atoms with Crippen molar-refractivity contribution in [3.05, 3.63) is 132 Å². The predicted molar refractivity (Wildman–Crippen MR) is 250 cm³/mol. The van der Waals surface area contributed by atoms with Crippen molar-refractivity contribution in [1.29, 1.82) is 0 Å². The Morgan fingerprint density at radius 2 is 1.66 bits per heavy atom. The number of aliphatic hydroxyl groups excluding tert-OH is 2. The molecule has 2 aliphatic carbocycles. The van der Waals surface area contributed by atoms with E-state index in [1.54, 1.807) is 29.7 Å². The number of hydrogen-bond acceptors (Lipinski definition) is 12. The minimum absolute atomic E-state index is 0.0367. The Balaban J connectivity index is 1.32. The Morgan fingerprint density at radius 3 is 2.42 bits per heavy atom. The number of fused-ring (bicyclic) bond motifs is 3.